The number of amides is 1. The average Bonchev–Trinajstić information content (AvgIpc) is 2.60. The van der Waals surface area contributed by atoms with Crippen molar-refractivity contribution in [2.45, 2.75) is 38.1 Å². The Hall–Kier alpha value is -2.25. The van der Waals surface area contributed by atoms with Crippen molar-refractivity contribution in [3.8, 4) is 0 Å². The van der Waals surface area contributed by atoms with Gasteiger partial charge in [-0.3, -0.25) is 4.79 Å². The second-order valence-electron chi connectivity index (χ2n) is 6.15. The summed E-state index contributed by atoms with van der Waals surface area (Å²) in [6.07, 6.45) is 0.593. The zero-order chi connectivity index (χ0) is 19.2. The molecule has 0 saturated heterocycles. The van der Waals surface area contributed by atoms with E-state index in [0.29, 0.717) is 13.0 Å². The van der Waals surface area contributed by atoms with Gasteiger partial charge in [-0.2, -0.15) is 0 Å². The highest BCUT2D eigenvalue weighted by atomic mass is 32.2. The molecule has 0 radical (unpaired) electrons. The lowest BCUT2D eigenvalue weighted by Crippen LogP contribution is -2.27. The van der Waals surface area contributed by atoms with Crippen LogP contribution < -0.4 is 10.0 Å². The minimum atomic E-state index is -3.57. The number of nitrogens with one attached hydrogen (secondary N) is 2. The van der Waals surface area contributed by atoms with Crippen LogP contribution in [0.4, 0.5) is 4.39 Å². The highest BCUT2D eigenvalue weighted by Crippen LogP contribution is 2.14. The normalized spacial score (nSPS) is 11.3. The fourth-order valence-electron chi connectivity index (χ4n) is 2.31. The van der Waals surface area contributed by atoms with Gasteiger partial charge in [-0.05, 0) is 61.2 Å². The minimum Gasteiger partial charge on any atom is -0.352 e. The van der Waals surface area contributed by atoms with Crippen LogP contribution in [0.15, 0.2) is 47.4 Å². The van der Waals surface area contributed by atoms with Gasteiger partial charge in [0.2, 0.25) is 15.9 Å². The Morgan fingerprint density at radius 1 is 1.04 bits per heavy atom. The molecule has 0 fully saturated rings. The van der Waals surface area contributed by atoms with E-state index >= 15 is 0 Å². The van der Waals surface area contributed by atoms with Crippen LogP contribution in [0, 0.1) is 19.7 Å². The summed E-state index contributed by atoms with van der Waals surface area (Å²) in [5.41, 5.74) is 2.74. The summed E-state index contributed by atoms with van der Waals surface area (Å²) < 4.78 is 39.8. The van der Waals surface area contributed by atoms with E-state index in [2.05, 4.69) is 10.0 Å². The fourth-order valence-corrected chi connectivity index (χ4v) is 3.47. The van der Waals surface area contributed by atoms with E-state index in [1.807, 2.05) is 13.8 Å². The van der Waals surface area contributed by atoms with Gasteiger partial charge in [0, 0.05) is 19.5 Å². The average molecular weight is 378 g/mol. The second kappa shape index (κ2) is 8.91. The first-order valence-corrected chi connectivity index (χ1v) is 9.84. The minimum absolute atomic E-state index is 0.180. The summed E-state index contributed by atoms with van der Waals surface area (Å²) in [5.74, 6) is -0.504. The molecule has 2 aromatic carbocycles. The van der Waals surface area contributed by atoms with Crippen LogP contribution in [-0.2, 0) is 21.4 Å². The highest BCUT2D eigenvalue weighted by Gasteiger charge is 2.14. The zero-order valence-corrected chi connectivity index (χ0v) is 15.7. The maximum Gasteiger partial charge on any atom is 0.240 e. The van der Waals surface area contributed by atoms with E-state index < -0.39 is 10.0 Å². The lowest BCUT2D eigenvalue weighted by Gasteiger charge is -2.09. The van der Waals surface area contributed by atoms with Crippen LogP contribution in [0.1, 0.15) is 29.5 Å². The molecule has 0 aromatic heterocycles. The van der Waals surface area contributed by atoms with Crippen LogP contribution in [0.3, 0.4) is 0 Å². The van der Waals surface area contributed by atoms with Gasteiger partial charge in [-0.1, -0.05) is 18.2 Å². The topological polar surface area (TPSA) is 75.3 Å². The second-order valence-corrected chi connectivity index (χ2v) is 7.92. The zero-order valence-electron chi connectivity index (χ0n) is 14.9. The fraction of sp³-hybridized carbons (Fsp3) is 0.316. The van der Waals surface area contributed by atoms with E-state index in [-0.39, 0.29) is 29.6 Å². The van der Waals surface area contributed by atoms with Crippen molar-refractivity contribution in [2.75, 3.05) is 6.54 Å². The lowest BCUT2D eigenvalue weighted by molar-refractivity contribution is -0.121. The Balaban J connectivity index is 1.74. The quantitative estimate of drug-likeness (QED) is 0.694. The first-order valence-electron chi connectivity index (χ1n) is 8.36. The molecule has 2 rings (SSSR count). The first-order chi connectivity index (χ1) is 12.3. The molecule has 0 bridgehead atoms. The predicted octanol–water partition coefficient (Wildman–Crippen LogP) is 2.82. The van der Waals surface area contributed by atoms with Crippen LogP contribution in [-0.4, -0.2) is 20.9 Å². The van der Waals surface area contributed by atoms with Crippen LogP contribution in [0.5, 0.6) is 0 Å². The standard InChI is InChI=1S/C19H23FN2O3S/c1-14-5-10-18(12-15(14)2)26(24,25)22-11-3-4-19(23)21-13-16-6-8-17(20)9-7-16/h5-10,12,22H,3-4,11,13H2,1-2H3,(H,21,23). The molecule has 26 heavy (non-hydrogen) atoms. The van der Waals surface area contributed by atoms with Gasteiger partial charge in [0.15, 0.2) is 0 Å². The summed E-state index contributed by atoms with van der Waals surface area (Å²) in [7, 11) is -3.57. The van der Waals surface area contributed by atoms with Crippen LogP contribution >= 0.6 is 0 Å². The molecule has 0 heterocycles. The van der Waals surface area contributed by atoms with Gasteiger partial charge in [-0.15, -0.1) is 0 Å². The third kappa shape index (κ3) is 5.93. The van der Waals surface area contributed by atoms with Crippen molar-refractivity contribution in [2.24, 2.45) is 0 Å². The molecule has 7 heteroatoms. The van der Waals surface area contributed by atoms with Gasteiger partial charge >= 0.3 is 0 Å². The number of carbonyl (C=O) groups excluding carboxylic acids is 1. The molecule has 2 N–H and O–H groups in total. The van der Waals surface area contributed by atoms with Crippen molar-refractivity contribution >= 4 is 15.9 Å². The van der Waals surface area contributed by atoms with Crippen molar-refractivity contribution in [3.63, 3.8) is 0 Å². The van der Waals surface area contributed by atoms with Gasteiger partial charge in [0.25, 0.3) is 0 Å². The summed E-state index contributed by atoms with van der Waals surface area (Å²) in [4.78, 5) is 12.0. The number of sulfonamides is 1. The molecule has 0 unspecified atom stereocenters. The maximum atomic E-state index is 12.8. The van der Waals surface area contributed by atoms with E-state index in [9.17, 15) is 17.6 Å². The Morgan fingerprint density at radius 3 is 2.38 bits per heavy atom. The monoisotopic (exact) mass is 378 g/mol. The molecule has 0 aliphatic heterocycles. The number of rotatable bonds is 8. The molecular weight excluding hydrogens is 355 g/mol. The number of benzene rings is 2. The summed E-state index contributed by atoms with van der Waals surface area (Å²) >= 11 is 0. The Morgan fingerprint density at radius 2 is 1.73 bits per heavy atom. The first kappa shape index (κ1) is 20.1. The van der Waals surface area contributed by atoms with Crippen molar-refractivity contribution < 1.29 is 17.6 Å². The summed E-state index contributed by atoms with van der Waals surface area (Å²) in [6, 6.07) is 10.9. The SMILES string of the molecule is Cc1ccc(S(=O)(=O)NCCCC(=O)NCc2ccc(F)cc2)cc1C. The van der Waals surface area contributed by atoms with Gasteiger partial charge in [0.1, 0.15) is 5.82 Å². The third-order valence-electron chi connectivity index (χ3n) is 4.06. The Kier molecular flexibility index (Phi) is 6.88. The van der Waals surface area contributed by atoms with E-state index in [1.165, 1.54) is 12.1 Å². The number of hydrogen-bond acceptors (Lipinski definition) is 3. The Labute approximate surface area is 153 Å². The van der Waals surface area contributed by atoms with Gasteiger partial charge < -0.3 is 5.32 Å². The molecule has 140 valence electrons. The van der Waals surface area contributed by atoms with E-state index in [0.717, 1.165) is 16.7 Å². The Bertz CT molecular complexity index is 865. The molecule has 0 spiro atoms. The molecule has 0 aliphatic carbocycles. The molecule has 1 amide bonds. The van der Waals surface area contributed by atoms with Gasteiger partial charge in [-0.25, -0.2) is 17.5 Å². The predicted molar refractivity (Wildman–Crippen MR) is 98.6 cm³/mol. The van der Waals surface area contributed by atoms with Crippen molar-refractivity contribution in [3.05, 3.63) is 65.0 Å². The van der Waals surface area contributed by atoms with Crippen LogP contribution in [0.2, 0.25) is 0 Å². The smallest absolute Gasteiger partial charge is 0.240 e. The lowest BCUT2D eigenvalue weighted by atomic mass is 10.1. The number of carbonyl (C=O) groups is 1. The van der Waals surface area contributed by atoms with E-state index in [1.54, 1.807) is 30.3 Å². The van der Waals surface area contributed by atoms with E-state index in [4.69, 9.17) is 0 Å². The number of hydrogen-bond donors (Lipinski definition) is 2. The highest BCUT2D eigenvalue weighted by molar-refractivity contribution is 7.89. The number of halogens is 1. The van der Waals surface area contributed by atoms with Gasteiger partial charge in [0.05, 0.1) is 4.90 Å². The molecule has 0 saturated carbocycles. The van der Waals surface area contributed by atoms with Crippen LogP contribution in [0.25, 0.3) is 0 Å². The molecule has 0 atom stereocenters. The largest absolute Gasteiger partial charge is 0.352 e. The molecule has 2 aromatic rings. The van der Waals surface area contributed by atoms with Crippen molar-refractivity contribution in [1.29, 1.82) is 0 Å². The molecule has 5 nitrogen and oxygen atoms in total. The number of aryl methyl sites for hydroxylation is 2. The maximum absolute atomic E-state index is 12.8. The molecular formula is C19H23FN2O3S. The van der Waals surface area contributed by atoms with Crippen molar-refractivity contribution in [1.82, 2.24) is 10.0 Å². The third-order valence-corrected chi connectivity index (χ3v) is 5.52. The summed E-state index contributed by atoms with van der Waals surface area (Å²) in [5, 5.41) is 2.72. The molecule has 0 aliphatic rings. The summed E-state index contributed by atoms with van der Waals surface area (Å²) in [6.45, 7) is 4.27.